The number of rotatable bonds is 2. The van der Waals surface area contributed by atoms with Crippen molar-refractivity contribution in [2.75, 3.05) is 31.1 Å². The third-order valence-electron chi connectivity index (χ3n) is 4.43. The maximum atomic E-state index is 12.6. The second-order valence-electron chi connectivity index (χ2n) is 6.31. The van der Waals surface area contributed by atoms with Crippen molar-refractivity contribution in [3.05, 3.63) is 44.1 Å². The Labute approximate surface area is 163 Å². The topological polar surface area (TPSA) is 36.4 Å². The van der Waals surface area contributed by atoms with Gasteiger partial charge in [-0.05, 0) is 59.1 Å². The Morgan fingerprint density at radius 3 is 2.56 bits per heavy atom. The average molecular weight is 436 g/mol. The molecule has 0 N–H and O–H groups in total. The molecule has 4 rings (SSSR count). The minimum absolute atomic E-state index is 0.131. The molecule has 0 aliphatic carbocycles. The highest BCUT2D eigenvalue weighted by Crippen LogP contribution is 2.32. The van der Waals surface area contributed by atoms with E-state index in [1.807, 2.05) is 17.0 Å². The average Bonchev–Trinajstić information content (AvgIpc) is 3.21. The van der Waals surface area contributed by atoms with Gasteiger partial charge in [0, 0.05) is 26.2 Å². The SMILES string of the molecule is Cc1cc(C)c2sc(N3CCN(C(=O)c4ccc(Br)s4)CC3)nc2c1. The maximum absolute atomic E-state index is 12.6. The number of hydrogen-bond donors (Lipinski definition) is 0. The first kappa shape index (κ1) is 17.0. The van der Waals surface area contributed by atoms with Gasteiger partial charge in [0.1, 0.15) is 0 Å². The Kier molecular flexibility index (Phi) is 4.56. The number of aromatic nitrogens is 1. The van der Waals surface area contributed by atoms with E-state index in [4.69, 9.17) is 4.98 Å². The van der Waals surface area contributed by atoms with Crippen LogP contribution in [0.5, 0.6) is 0 Å². The fourth-order valence-electron chi connectivity index (χ4n) is 3.19. The number of thiophene rings is 1. The van der Waals surface area contributed by atoms with Crippen LogP contribution in [0.15, 0.2) is 28.1 Å². The van der Waals surface area contributed by atoms with Crippen molar-refractivity contribution in [3.8, 4) is 0 Å². The lowest BCUT2D eigenvalue weighted by atomic mass is 10.1. The highest BCUT2D eigenvalue weighted by molar-refractivity contribution is 9.11. The largest absolute Gasteiger partial charge is 0.345 e. The number of piperazine rings is 1. The molecule has 3 aromatic rings. The molecule has 0 atom stereocenters. The fourth-order valence-corrected chi connectivity index (χ4v) is 5.61. The Morgan fingerprint density at radius 2 is 1.88 bits per heavy atom. The third-order valence-corrected chi connectivity index (χ3v) is 7.31. The van der Waals surface area contributed by atoms with Crippen LogP contribution in [0.4, 0.5) is 5.13 Å². The minimum Gasteiger partial charge on any atom is -0.345 e. The van der Waals surface area contributed by atoms with Crippen molar-refractivity contribution in [1.29, 1.82) is 0 Å². The first-order valence-corrected chi connectivity index (χ1v) is 10.6. The number of aryl methyl sites for hydroxylation is 2. The van der Waals surface area contributed by atoms with Gasteiger partial charge in [0.2, 0.25) is 0 Å². The molecule has 4 nitrogen and oxygen atoms in total. The molecule has 1 fully saturated rings. The maximum Gasteiger partial charge on any atom is 0.264 e. The van der Waals surface area contributed by atoms with Gasteiger partial charge in [0.05, 0.1) is 18.9 Å². The number of halogens is 1. The van der Waals surface area contributed by atoms with E-state index >= 15 is 0 Å². The van der Waals surface area contributed by atoms with Crippen LogP contribution in [0.2, 0.25) is 0 Å². The summed E-state index contributed by atoms with van der Waals surface area (Å²) >= 11 is 6.67. The molecule has 1 aliphatic heterocycles. The number of fused-ring (bicyclic) bond motifs is 1. The number of thiazole rings is 1. The standard InChI is InChI=1S/C18H18BrN3OS2/c1-11-9-12(2)16-13(10-11)20-18(25-16)22-7-5-21(6-8-22)17(23)14-3-4-15(19)24-14/h3-4,9-10H,5-8H2,1-2H3. The van der Waals surface area contributed by atoms with E-state index in [-0.39, 0.29) is 5.91 Å². The highest BCUT2D eigenvalue weighted by Gasteiger charge is 2.25. The zero-order valence-corrected chi connectivity index (χ0v) is 17.3. The minimum atomic E-state index is 0.131. The molecule has 130 valence electrons. The molecule has 25 heavy (non-hydrogen) atoms. The number of anilines is 1. The van der Waals surface area contributed by atoms with E-state index in [1.54, 1.807) is 11.3 Å². The zero-order chi connectivity index (χ0) is 17.6. The molecule has 0 unspecified atom stereocenters. The molecular weight excluding hydrogens is 418 g/mol. The first-order chi connectivity index (χ1) is 12.0. The van der Waals surface area contributed by atoms with Crippen molar-refractivity contribution in [3.63, 3.8) is 0 Å². The summed E-state index contributed by atoms with van der Waals surface area (Å²) in [6, 6.07) is 8.18. The molecule has 1 aromatic carbocycles. The van der Waals surface area contributed by atoms with Crippen LogP contribution in [0.1, 0.15) is 20.8 Å². The predicted octanol–water partition coefficient (Wildman–Crippen LogP) is 4.70. The van der Waals surface area contributed by atoms with Crippen LogP contribution in [-0.2, 0) is 0 Å². The summed E-state index contributed by atoms with van der Waals surface area (Å²) in [4.78, 5) is 22.4. The summed E-state index contributed by atoms with van der Waals surface area (Å²) in [5.74, 6) is 0.131. The summed E-state index contributed by atoms with van der Waals surface area (Å²) < 4.78 is 2.26. The fraction of sp³-hybridized carbons (Fsp3) is 0.333. The van der Waals surface area contributed by atoms with E-state index < -0.39 is 0 Å². The zero-order valence-electron chi connectivity index (χ0n) is 14.1. The van der Waals surface area contributed by atoms with Gasteiger partial charge in [0.25, 0.3) is 5.91 Å². The van der Waals surface area contributed by atoms with Gasteiger partial charge in [0.15, 0.2) is 5.13 Å². The number of amides is 1. The summed E-state index contributed by atoms with van der Waals surface area (Å²) in [7, 11) is 0. The Hall–Kier alpha value is -1.44. The van der Waals surface area contributed by atoms with Crippen molar-refractivity contribution in [2.24, 2.45) is 0 Å². The molecule has 0 bridgehead atoms. The molecule has 0 saturated carbocycles. The molecule has 0 radical (unpaired) electrons. The van der Waals surface area contributed by atoms with Crippen LogP contribution in [-0.4, -0.2) is 42.0 Å². The van der Waals surface area contributed by atoms with Crippen LogP contribution in [0, 0.1) is 13.8 Å². The van der Waals surface area contributed by atoms with E-state index in [0.29, 0.717) is 0 Å². The number of carbonyl (C=O) groups is 1. The molecule has 1 aliphatic rings. The monoisotopic (exact) mass is 435 g/mol. The number of carbonyl (C=O) groups excluding carboxylic acids is 1. The van der Waals surface area contributed by atoms with Gasteiger partial charge in [-0.3, -0.25) is 4.79 Å². The van der Waals surface area contributed by atoms with Crippen LogP contribution >= 0.6 is 38.6 Å². The van der Waals surface area contributed by atoms with E-state index in [1.165, 1.54) is 27.2 Å². The molecule has 1 saturated heterocycles. The van der Waals surface area contributed by atoms with Gasteiger partial charge in [-0.1, -0.05) is 17.4 Å². The summed E-state index contributed by atoms with van der Waals surface area (Å²) in [6.07, 6.45) is 0. The van der Waals surface area contributed by atoms with Crippen LogP contribution < -0.4 is 4.90 Å². The van der Waals surface area contributed by atoms with E-state index in [2.05, 4.69) is 46.8 Å². The first-order valence-electron chi connectivity index (χ1n) is 8.18. The second-order valence-corrected chi connectivity index (χ2v) is 9.75. The predicted molar refractivity (Wildman–Crippen MR) is 109 cm³/mol. The summed E-state index contributed by atoms with van der Waals surface area (Å²) in [6.45, 7) is 7.39. The smallest absolute Gasteiger partial charge is 0.264 e. The Bertz CT molecular complexity index is 941. The molecular formula is C18H18BrN3OS2. The lowest BCUT2D eigenvalue weighted by molar-refractivity contribution is 0.0751. The van der Waals surface area contributed by atoms with Crippen molar-refractivity contribution in [2.45, 2.75) is 13.8 Å². The molecule has 1 amide bonds. The van der Waals surface area contributed by atoms with Crippen molar-refractivity contribution < 1.29 is 4.79 Å². The quantitative estimate of drug-likeness (QED) is 0.585. The molecule has 2 aromatic heterocycles. The number of nitrogens with zero attached hydrogens (tertiary/aromatic N) is 3. The third kappa shape index (κ3) is 3.32. The van der Waals surface area contributed by atoms with E-state index in [9.17, 15) is 4.79 Å². The number of hydrogen-bond acceptors (Lipinski definition) is 5. The van der Waals surface area contributed by atoms with Crippen LogP contribution in [0.25, 0.3) is 10.2 Å². The van der Waals surface area contributed by atoms with Gasteiger partial charge in [-0.25, -0.2) is 4.98 Å². The van der Waals surface area contributed by atoms with Gasteiger partial charge < -0.3 is 9.80 Å². The van der Waals surface area contributed by atoms with Gasteiger partial charge >= 0.3 is 0 Å². The molecule has 0 spiro atoms. The lowest BCUT2D eigenvalue weighted by Crippen LogP contribution is -2.48. The second kappa shape index (κ2) is 6.70. The normalized spacial score (nSPS) is 15.2. The van der Waals surface area contributed by atoms with Gasteiger partial charge in [-0.2, -0.15) is 0 Å². The highest BCUT2D eigenvalue weighted by atomic mass is 79.9. The molecule has 3 heterocycles. The Morgan fingerprint density at radius 1 is 1.12 bits per heavy atom. The van der Waals surface area contributed by atoms with Crippen molar-refractivity contribution in [1.82, 2.24) is 9.88 Å². The van der Waals surface area contributed by atoms with E-state index in [0.717, 1.165) is 45.5 Å². The molecule has 7 heteroatoms. The lowest BCUT2D eigenvalue weighted by Gasteiger charge is -2.34. The number of benzene rings is 1. The van der Waals surface area contributed by atoms with Crippen molar-refractivity contribution >= 4 is 59.9 Å². The summed E-state index contributed by atoms with van der Waals surface area (Å²) in [5, 5.41) is 1.06. The Balaban J connectivity index is 1.48. The summed E-state index contributed by atoms with van der Waals surface area (Å²) in [5.41, 5.74) is 3.62. The van der Waals surface area contributed by atoms with Gasteiger partial charge in [-0.15, -0.1) is 11.3 Å². The van der Waals surface area contributed by atoms with Crippen LogP contribution in [0.3, 0.4) is 0 Å².